The van der Waals surface area contributed by atoms with Gasteiger partial charge in [-0.2, -0.15) is 0 Å². The first kappa shape index (κ1) is 17.9. The molecule has 2 aromatic rings. The Balaban J connectivity index is 1.40. The Kier molecular flexibility index (Phi) is 5.32. The summed E-state index contributed by atoms with van der Waals surface area (Å²) in [5, 5.41) is 3.22. The average Bonchev–Trinajstić information content (AvgIpc) is 3.22. The van der Waals surface area contributed by atoms with Crippen LogP contribution in [0.3, 0.4) is 0 Å². The van der Waals surface area contributed by atoms with Gasteiger partial charge in [0.2, 0.25) is 11.9 Å². The molecule has 0 radical (unpaired) electrons. The Morgan fingerprint density at radius 2 is 1.70 bits per heavy atom. The van der Waals surface area contributed by atoms with Gasteiger partial charge in [0, 0.05) is 37.1 Å². The van der Waals surface area contributed by atoms with Crippen molar-refractivity contribution in [1.29, 1.82) is 0 Å². The van der Waals surface area contributed by atoms with E-state index in [1.807, 2.05) is 0 Å². The molecule has 1 saturated heterocycles. The van der Waals surface area contributed by atoms with Crippen LogP contribution in [0.5, 0.6) is 0 Å². The highest BCUT2D eigenvalue weighted by Crippen LogP contribution is 2.24. The second-order valence-electron chi connectivity index (χ2n) is 7.55. The van der Waals surface area contributed by atoms with Crippen LogP contribution in [0.15, 0.2) is 36.7 Å². The maximum Gasteiger partial charge on any atom is 0.225 e. The highest BCUT2D eigenvalue weighted by molar-refractivity contribution is 5.79. The molecule has 1 atom stereocenters. The third-order valence-electron chi connectivity index (χ3n) is 5.59. The van der Waals surface area contributed by atoms with Crippen LogP contribution in [-0.4, -0.2) is 35.0 Å². The van der Waals surface area contributed by atoms with Crippen LogP contribution in [0.2, 0.25) is 0 Å². The summed E-state index contributed by atoms with van der Waals surface area (Å²) in [6.07, 6.45) is 10.1. The first-order chi connectivity index (χ1) is 13.2. The van der Waals surface area contributed by atoms with Crippen LogP contribution in [0.4, 0.5) is 10.3 Å². The minimum atomic E-state index is -0.258. The molecular formula is C21H25FN4O. The number of hydrogen-bond acceptors (Lipinski definition) is 4. The number of benzene rings is 1. The van der Waals surface area contributed by atoms with Crippen molar-refractivity contribution in [3.63, 3.8) is 0 Å². The first-order valence-corrected chi connectivity index (χ1v) is 9.82. The number of piperidine rings is 1. The second-order valence-corrected chi connectivity index (χ2v) is 7.55. The fourth-order valence-corrected chi connectivity index (χ4v) is 4.04. The van der Waals surface area contributed by atoms with E-state index in [4.69, 9.17) is 0 Å². The number of amides is 1. The van der Waals surface area contributed by atoms with Gasteiger partial charge >= 0.3 is 0 Å². The molecule has 1 aliphatic carbocycles. The van der Waals surface area contributed by atoms with Crippen LogP contribution in [0, 0.1) is 11.7 Å². The topological polar surface area (TPSA) is 58.1 Å². The monoisotopic (exact) mass is 368 g/mol. The van der Waals surface area contributed by atoms with E-state index < -0.39 is 0 Å². The normalized spacial score (nSPS) is 20.6. The molecule has 2 aliphatic rings. The molecule has 2 fully saturated rings. The van der Waals surface area contributed by atoms with Gasteiger partial charge in [-0.1, -0.05) is 25.0 Å². The molecule has 1 amide bonds. The third kappa shape index (κ3) is 4.26. The highest BCUT2D eigenvalue weighted by atomic mass is 19.1. The maximum atomic E-state index is 13.1. The zero-order chi connectivity index (χ0) is 18.6. The lowest BCUT2D eigenvalue weighted by atomic mass is 9.97. The lowest BCUT2D eigenvalue weighted by molar-refractivity contribution is -0.125. The Bertz CT molecular complexity index is 772. The number of hydrogen-bond donors (Lipinski definition) is 1. The van der Waals surface area contributed by atoms with Crippen LogP contribution >= 0.6 is 0 Å². The molecular weight excluding hydrogens is 343 g/mol. The first-order valence-electron chi connectivity index (χ1n) is 9.82. The van der Waals surface area contributed by atoms with E-state index in [9.17, 15) is 9.18 Å². The van der Waals surface area contributed by atoms with E-state index >= 15 is 0 Å². The zero-order valence-corrected chi connectivity index (χ0v) is 15.4. The quantitative estimate of drug-likeness (QED) is 0.897. The standard InChI is InChI=1S/C21H25FN4O/c22-18-9-7-15(8-10-18)17-12-23-21(24-13-17)26-11-3-4-16(14-26)20(27)25-19-5-1-2-6-19/h7-10,12-13,16,19H,1-6,11,14H2,(H,25,27)/t16-/m1/s1. The van der Waals surface area contributed by atoms with Crippen LogP contribution in [0.25, 0.3) is 11.1 Å². The predicted molar refractivity (Wildman–Crippen MR) is 103 cm³/mol. The minimum Gasteiger partial charge on any atom is -0.353 e. The molecule has 1 aromatic heterocycles. The largest absolute Gasteiger partial charge is 0.353 e. The average molecular weight is 368 g/mol. The molecule has 27 heavy (non-hydrogen) atoms. The predicted octanol–water partition coefficient (Wildman–Crippen LogP) is 3.56. The molecule has 0 bridgehead atoms. The van der Waals surface area contributed by atoms with Crippen molar-refractivity contribution in [3.8, 4) is 11.1 Å². The molecule has 4 rings (SSSR count). The smallest absolute Gasteiger partial charge is 0.225 e. The summed E-state index contributed by atoms with van der Waals surface area (Å²) in [5.74, 6) is 0.569. The number of rotatable bonds is 4. The van der Waals surface area contributed by atoms with Gasteiger partial charge in [0.05, 0.1) is 5.92 Å². The van der Waals surface area contributed by atoms with Crippen LogP contribution in [-0.2, 0) is 4.79 Å². The summed E-state index contributed by atoms with van der Waals surface area (Å²) in [5.41, 5.74) is 1.74. The number of carbonyl (C=O) groups is 1. The third-order valence-corrected chi connectivity index (χ3v) is 5.59. The SMILES string of the molecule is O=C(NC1CCCC1)[C@@H]1CCCN(c2ncc(-c3ccc(F)cc3)cn2)C1. The lowest BCUT2D eigenvalue weighted by Crippen LogP contribution is -2.45. The van der Waals surface area contributed by atoms with Gasteiger partial charge in [-0.05, 0) is 43.4 Å². The van der Waals surface area contributed by atoms with E-state index in [1.165, 1.54) is 25.0 Å². The van der Waals surface area contributed by atoms with Crippen molar-refractivity contribution in [2.24, 2.45) is 5.92 Å². The fourth-order valence-electron chi connectivity index (χ4n) is 4.04. The van der Waals surface area contributed by atoms with Gasteiger partial charge < -0.3 is 10.2 Å². The second kappa shape index (κ2) is 8.03. The summed E-state index contributed by atoms with van der Waals surface area (Å²) in [6.45, 7) is 1.53. The van der Waals surface area contributed by atoms with E-state index in [2.05, 4.69) is 20.2 Å². The molecule has 0 spiro atoms. The van der Waals surface area contributed by atoms with Crippen molar-refractivity contribution in [2.45, 2.75) is 44.6 Å². The maximum absolute atomic E-state index is 13.1. The Morgan fingerprint density at radius 1 is 1.00 bits per heavy atom. The van der Waals surface area contributed by atoms with Crippen molar-refractivity contribution in [3.05, 3.63) is 42.5 Å². The Morgan fingerprint density at radius 3 is 2.41 bits per heavy atom. The fraction of sp³-hybridized carbons (Fsp3) is 0.476. The van der Waals surface area contributed by atoms with Crippen molar-refractivity contribution < 1.29 is 9.18 Å². The van der Waals surface area contributed by atoms with Gasteiger partial charge in [-0.3, -0.25) is 4.79 Å². The number of anilines is 1. The molecule has 6 heteroatoms. The minimum absolute atomic E-state index is 0.000255. The van der Waals surface area contributed by atoms with E-state index in [-0.39, 0.29) is 17.6 Å². The van der Waals surface area contributed by atoms with E-state index in [0.29, 0.717) is 18.5 Å². The molecule has 1 aliphatic heterocycles. The molecule has 0 unspecified atom stereocenters. The molecule has 142 valence electrons. The lowest BCUT2D eigenvalue weighted by Gasteiger charge is -2.32. The summed E-state index contributed by atoms with van der Waals surface area (Å²) < 4.78 is 13.1. The van der Waals surface area contributed by atoms with Crippen molar-refractivity contribution in [1.82, 2.24) is 15.3 Å². The molecule has 2 heterocycles. The number of nitrogens with one attached hydrogen (secondary N) is 1. The van der Waals surface area contributed by atoms with Gasteiger partial charge in [0.15, 0.2) is 0 Å². The Hall–Kier alpha value is -2.50. The number of halogens is 1. The molecule has 1 saturated carbocycles. The van der Waals surface area contributed by atoms with Gasteiger partial charge in [0.25, 0.3) is 0 Å². The van der Waals surface area contributed by atoms with Crippen molar-refractivity contribution in [2.75, 3.05) is 18.0 Å². The molecule has 5 nitrogen and oxygen atoms in total. The summed E-state index contributed by atoms with van der Waals surface area (Å²) in [6, 6.07) is 6.66. The zero-order valence-electron chi connectivity index (χ0n) is 15.4. The number of aromatic nitrogens is 2. The van der Waals surface area contributed by atoms with Crippen molar-refractivity contribution >= 4 is 11.9 Å². The molecule has 1 N–H and O–H groups in total. The Labute approximate surface area is 159 Å². The van der Waals surface area contributed by atoms with Gasteiger partial charge in [-0.25, -0.2) is 14.4 Å². The van der Waals surface area contributed by atoms with E-state index in [0.717, 1.165) is 43.4 Å². The van der Waals surface area contributed by atoms with Crippen LogP contribution < -0.4 is 10.2 Å². The van der Waals surface area contributed by atoms with Crippen LogP contribution in [0.1, 0.15) is 38.5 Å². The summed E-state index contributed by atoms with van der Waals surface area (Å²) >= 11 is 0. The summed E-state index contributed by atoms with van der Waals surface area (Å²) in [4.78, 5) is 23.7. The number of nitrogens with zero attached hydrogens (tertiary/aromatic N) is 3. The molecule has 1 aromatic carbocycles. The summed E-state index contributed by atoms with van der Waals surface area (Å²) in [7, 11) is 0. The van der Waals surface area contributed by atoms with Gasteiger partial charge in [-0.15, -0.1) is 0 Å². The number of carbonyl (C=O) groups excluding carboxylic acids is 1. The highest BCUT2D eigenvalue weighted by Gasteiger charge is 2.29. The van der Waals surface area contributed by atoms with E-state index in [1.54, 1.807) is 24.5 Å². The van der Waals surface area contributed by atoms with Gasteiger partial charge in [0.1, 0.15) is 5.82 Å².